The van der Waals surface area contributed by atoms with Crippen LogP contribution in [0.3, 0.4) is 0 Å². The second-order valence-corrected chi connectivity index (χ2v) is 14.3. The predicted molar refractivity (Wildman–Crippen MR) is 210 cm³/mol. The number of benzene rings is 2. The largest absolute Gasteiger partial charge is 0.366 e. The van der Waals surface area contributed by atoms with Crippen molar-refractivity contribution in [3.63, 3.8) is 0 Å². The number of aromatic nitrogens is 8. The number of anilines is 2. The van der Waals surface area contributed by atoms with E-state index in [1.165, 1.54) is 6.20 Å². The summed E-state index contributed by atoms with van der Waals surface area (Å²) in [6, 6.07) is 28.9. The van der Waals surface area contributed by atoms with E-state index in [0.717, 1.165) is 69.3 Å². The third-order valence-corrected chi connectivity index (χ3v) is 10.1. The van der Waals surface area contributed by atoms with E-state index in [4.69, 9.17) is 44.8 Å². The number of hydrogen-bond acceptors (Lipinski definition) is 8. The maximum Gasteiger partial charge on any atom is 0.343 e. The quantitative estimate of drug-likeness (QED) is 0.0678. The van der Waals surface area contributed by atoms with Crippen molar-refractivity contribution in [3.8, 4) is 22.5 Å². The van der Waals surface area contributed by atoms with Crippen LogP contribution in [0.25, 0.3) is 33.8 Å². The van der Waals surface area contributed by atoms with Gasteiger partial charge in [-0.3, -0.25) is 10.4 Å². The van der Waals surface area contributed by atoms with Gasteiger partial charge >= 0.3 is 10.3 Å². The Bertz CT molecular complexity index is 2550. The summed E-state index contributed by atoms with van der Waals surface area (Å²) < 4.78 is 6.74. The van der Waals surface area contributed by atoms with Crippen LogP contribution < -0.4 is 20.1 Å². The Balaban J connectivity index is 0.000000164. The topological polar surface area (TPSA) is 133 Å². The molecule has 4 N–H and O–H groups in total. The molecule has 2 aromatic carbocycles. The molecule has 53 heavy (non-hydrogen) atoms. The van der Waals surface area contributed by atoms with E-state index in [0.29, 0.717) is 18.7 Å². The van der Waals surface area contributed by atoms with Crippen molar-refractivity contribution in [2.45, 2.75) is 13.1 Å². The van der Waals surface area contributed by atoms with Gasteiger partial charge in [0.05, 0.1) is 32.7 Å². The predicted octanol–water partition coefficient (Wildman–Crippen LogP) is 8.55. The molecule has 0 unspecified atom stereocenters. The van der Waals surface area contributed by atoms with Gasteiger partial charge < -0.3 is 10.6 Å². The number of hydrogen-bond donors (Lipinski definition) is 4. The summed E-state index contributed by atoms with van der Waals surface area (Å²) in [7, 11) is 0. The summed E-state index contributed by atoms with van der Waals surface area (Å²) in [5, 5.41) is 35.4. The lowest BCUT2D eigenvalue weighted by Gasteiger charge is -2.10. The van der Waals surface area contributed by atoms with Crippen LogP contribution in [0.15, 0.2) is 125 Å². The molecule has 0 amide bonds. The summed E-state index contributed by atoms with van der Waals surface area (Å²) in [4.78, 5) is 9.39. The zero-order valence-electron chi connectivity index (χ0n) is 27.2. The first-order chi connectivity index (χ1) is 25.6. The number of nitrogens with zero attached hydrogens (tertiary/aromatic N) is 8. The van der Waals surface area contributed by atoms with Crippen molar-refractivity contribution in [3.05, 3.63) is 151 Å². The number of rotatable bonds is 8. The van der Waals surface area contributed by atoms with Gasteiger partial charge in [0, 0.05) is 63.0 Å². The van der Waals surface area contributed by atoms with Crippen LogP contribution >= 0.6 is 66.7 Å². The van der Waals surface area contributed by atoms with E-state index in [1.54, 1.807) is 39.8 Å². The smallest absolute Gasteiger partial charge is 0.343 e. The summed E-state index contributed by atoms with van der Waals surface area (Å²) in [5.41, 5.74) is 6.73. The molecule has 6 aromatic heterocycles. The van der Waals surface area contributed by atoms with Gasteiger partial charge in [0.2, 0.25) is 12.4 Å². The van der Waals surface area contributed by atoms with Crippen molar-refractivity contribution in [2.24, 2.45) is 0 Å². The molecule has 0 aliphatic carbocycles. The monoisotopic (exact) mass is 894 g/mol. The van der Waals surface area contributed by atoms with Crippen LogP contribution in [-0.2, 0) is 13.1 Å². The molecule has 0 fully saturated rings. The Morgan fingerprint density at radius 1 is 0.623 bits per heavy atom. The van der Waals surface area contributed by atoms with Crippen molar-refractivity contribution < 1.29 is 19.9 Å². The minimum Gasteiger partial charge on any atom is -0.366 e. The highest BCUT2D eigenvalue weighted by Crippen LogP contribution is 2.28. The van der Waals surface area contributed by atoms with Crippen LogP contribution in [-0.4, -0.2) is 39.6 Å². The fourth-order valence-corrected chi connectivity index (χ4v) is 6.46. The minimum absolute atomic E-state index is 0.0640. The average molecular weight is 898 g/mol. The van der Waals surface area contributed by atoms with Crippen LogP contribution in [0.5, 0.6) is 0 Å². The Labute approximate surface area is 334 Å². The molecule has 0 aliphatic rings. The first kappa shape index (κ1) is 36.4. The molecule has 266 valence electrons. The van der Waals surface area contributed by atoms with E-state index in [2.05, 4.69) is 52.7 Å². The maximum atomic E-state index is 9.78. The number of pyridine rings is 2. The molecule has 0 spiro atoms. The fourth-order valence-electron chi connectivity index (χ4n) is 5.32. The van der Waals surface area contributed by atoms with E-state index in [-0.39, 0.29) is 15.3 Å². The zero-order chi connectivity index (χ0) is 37.1. The number of nitrogens with one attached hydrogen (secondary N) is 2. The van der Waals surface area contributed by atoms with Crippen LogP contribution in [0.1, 0.15) is 11.1 Å². The molecule has 0 aliphatic heterocycles. The van der Waals surface area contributed by atoms with Gasteiger partial charge in [0.15, 0.2) is 11.3 Å². The molecular formula is C36H27Br2Cl3N10O2+2. The Morgan fingerprint density at radius 3 is 1.60 bits per heavy atom. The highest BCUT2D eigenvalue weighted by atomic mass is 79.9. The van der Waals surface area contributed by atoms with E-state index < -0.39 is 0 Å². The van der Waals surface area contributed by atoms with E-state index in [1.807, 2.05) is 78.9 Å². The fraction of sp³-hybridized carbons (Fsp3) is 0.0556. The SMILES string of the molecule is O[n+]1cc(CNc2cc(-c3ccccc3)nc3c(Br)cnn23)cc(Cl)c1Cl.O[n+]1cc(CNc2cc(-c3ccccc3)nc3c(Br)cnn23)ccc1Cl. The molecular weight excluding hydrogens is 871 g/mol. The first-order valence-electron chi connectivity index (χ1n) is 15.8. The number of fused-ring (bicyclic) bond motifs is 2. The third-order valence-electron chi connectivity index (χ3n) is 7.88. The zero-order valence-corrected chi connectivity index (χ0v) is 32.7. The Morgan fingerprint density at radius 2 is 1.11 bits per heavy atom. The van der Waals surface area contributed by atoms with Crippen LogP contribution in [0.2, 0.25) is 15.3 Å². The molecule has 8 aromatic rings. The Kier molecular flexibility index (Phi) is 10.9. The van der Waals surface area contributed by atoms with E-state index >= 15 is 0 Å². The molecule has 0 atom stereocenters. The molecule has 6 heterocycles. The molecule has 8 rings (SSSR count). The second kappa shape index (κ2) is 15.9. The minimum atomic E-state index is 0.0640. The van der Waals surface area contributed by atoms with Gasteiger partial charge in [-0.05, 0) is 67.2 Å². The van der Waals surface area contributed by atoms with Gasteiger partial charge in [-0.2, -0.15) is 19.2 Å². The summed E-state index contributed by atoms with van der Waals surface area (Å²) in [5.74, 6) is 1.54. The van der Waals surface area contributed by atoms with Crippen LogP contribution in [0.4, 0.5) is 11.6 Å². The van der Waals surface area contributed by atoms with Crippen molar-refractivity contribution in [1.29, 1.82) is 0 Å². The highest BCUT2D eigenvalue weighted by molar-refractivity contribution is 9.11. The normalized spacial score (nSPS) is 11.0. The summed E-state index contributed by atoms with van der Waals surface area (Å²) >= 11 is 24.7. The van der Waals surface area contributed by atoms with E-state index in [9.17, 15) is 10.4 Å². The molecule has 0 radical (unpaired) electrons. The molecule has 17 heteroatoms. The van der Waals surface area contributed by atoms with Gasteiger partial charge in [-0.25, -0.2) is 9.97 Å². The standard InChI is InChI=1S/C18H13BrCl2N5O.C18H14BrClN5O/c19-13-9-23-26-16(22-8-11-6-14(20)17(21)25(27)10-11)7-15(24-18(13)26)12-4-2-1-3-5-12;19-14-10-22-25-17(21-9-12-6-7-16(20)24(26)11-12)8-15(23-18(14)25)13-4-2-1-3-5-13/h1-7,9-10,22,27H,8H2;1-8,10-11,21,26H,9H2/q2*+1. The van der Waals surface area contributed by atoms with Gasteiger partial charge in [-0.15, -0.1) is 0 Å². The maximum absolute atomic E-state index is 9.78. The van der Waals surface area contributed by atoms with Crippen molar-refractivity contribution >= 4 is 89.6 Å². The third kappa shape index (κ3) is 8.16. The second-order valence-electron chi connectivity index (χ2n) is 11.5. The van der Waals surface area contributed by atoms with Crippen molar-refractivity contribution in [2.75, 3.05) is 10.6 Å². The summed E-state index contributed by atoms with van der Waals surface area (Å²) in [6.45, 7) is 0.894. The van der Waals surface area contributed by atoms with Crippen molar-refractivity contribution in [1.82, 2.24) is 29.2 Å². The first-order valence-corrected chi connectivity index (χ1v) is 18.5. The number of halogens is 5. The molecule has 0 bridgehead atoms. The molecule has 12 nitrogen and oxygen atoms in total. The van der Waals surface area contributed by atoms with Gasteiger partial charge in [-0.1, -0.05) is 72.3 Å². The summed E-state index contributed by atoms with van der Waals surface area (Å²) in [6.07, 6.45) is 6.47. The lowest BCUT2D eigenvalue weighted by atomic mass is 10.1. The Hall–Kier alpha value is -4.99. The van der Waals surface area contributed by atoms with Crippen LogP contribution in [0, 0.1) is 0 Å². The average Bonchev–Trinajstić information content (AvgIpc) is 3.75. The van der Waals surface area contributed by atoms with Gasteiger partial charge in [0.25, 0.3) is 0 Å². The lowest BCUT2D eigenvalue weighted by Crippen LogP contribution is -2.32. The van der Waals surface area contributed by atoms with Gasteiger partial charge in [0.1, 0.15) is 16.7 Å². The lowest BCUT2D eigenvalue weighted by molar-refractivity contribution is -0.903. The molecule has 0 saturated carbocycles. The highest BCUT2D eigenvalue weighted by Gasteiger charge is 2.17. The molecule has 0 saturated heterocycles.